The maximum absolute atomic E-state index is 12.4. The lowest BCUT2D eigenvalue weighted by atomic mass is 10.0. The van der Waals surface area contributed by atoms with Crippen LogP contribution < -0.4 is 5.32 Å². The Morgan fingerprint density at radius 3 is 2.38 bits per heavy atom. The zero-order valence-electron chi connectivity index (χ0n) is 11.0. The van der Waals surface area contributed by atoms with Gasteiger partial charge in [-0.25, -0.2) is 8.42 Å². The van der Waals surface area contributed by atoms with Crippen molar-refractivity contribution in [2.24, 2.45) is 0 Å². The summed E-state index contributed by atoms with van der Waals surface area (Å²) >= 11 is 0. The minimum Gasteiger partial charge on any atom is -0.312 e. The van der Waals surface area contributed by atoms with Gasteiger partial charge in [0.2, 0.25) is 0 Å². The van der Waals surface area contributed by atoms with Crippen molar-refractivity contribution in [3.8, 4) is 0 Å². The first-order chi connectivity index (χ1) is 9.67. The molecule has 1 unspecified atom stereocenters. The third kappa shape index (κ3) is 4.28. The molecule has 8 heteroatoms. The first-order valence-electron chi connectivity index (χ1n) is 6.32. The van der Waals surface area contributed by atoms with Gasteiger partial charge in [0.05, 0.1) is 17.1 Å². The number of carbonyl (C=O) groups excluding carboxylic acids is 1. The minimum atomic E-state index is -4.44. The van der Waals surface area contributed by atoms with Crippen LogP contribution in [0.2, 0.25) is 0 Å². The number of halogens is 3. The molecule has 21 heavy (non-hydrogen) atoms. The second kappa shape index (κ2) is 5.76. The minimum absolute atomic E-state index is 0.0397. The van der Waals surface area contributed by atoms with Crippen molar-refractivity contribution >= 4 is 15.6 Å². The van der Waals surface area contributed by atoms with E-state index in [0.29, 0.717) is 0 Å². The highest BCUT2D eigenvalue weighted by atomic mass is 32.2. The van der Waals surface area contributed by atoms with Gasteiger partial charge in [-0.2, -0.15) is 13.2 Å². The van der Waals surface area contributed by atoms with Crippen molar-refractivity contribution in [1.82, 2.24) is 5.32 Å². The Kier molecular flexibility index (Phi) is 4.38. The van der Waals surface area contributed by atoms with Gasteiger partial charge < -0.3 is 5.32 Å². The van der Waals surface area contributed by atoms with Crippen LogP contribution in [0, 0.1) is 0 Å². The van der Waals surface area contributed by atoms with E-state index in [-0.39, 0.29) is 35.8 Å². The van der Waals surface area contributed by atoms with Crippen LogP contribution in [0.1, 0.15) is 22.3 Å². The van der Waals surface area contributed by atoms with E-state index in [2.05, 4.69) is 5.32 Å². The third-order valence-corrected chi connectivity index (χ3v) is 5.00. The number of rotatable bonds is 3. The number of nitrogens with one attached hydrogen (secondary N) is 1. The molecular formula is C13H14F3NO3S. The SMILES string of the molecule is O=C(CC1CS(=O)(=O)CCN1)c1ccc(C(F)(F)F)cc1. The van der Waals surface area contributed by atoms with Gasteiger partial charge in [-0.3, -0.25) is 4.79 Å². The molecule has 0 saturated carbocycles. The second-order valence-corrected chi connectivity index (χ2v) is 7.20. The number of hydrogen-bond donors (Lipinski definition) is 1. The Balaban J connectivity index is 2.04. The van der Waals surface area contributed by atoms with Crippen LogP contribution in [0.15, 0.2) is 24.3 Å². The molecule has 1 aromatic rings. The highest BCUT2D eigenvalue weighted by molar-refractivity contribution is 7.91. The normalized spacial score (nSPS) is 22.0. The van der Waals surface area contributed by atoms with Gasteiger partial charge in [0, 0.05) is 24.6 Å². The molecule has 1 aromatic carbocycles. The summed E-state index contributed by atoms with van der Waals surface area (Å²) in [4.78, 5) is 12.0. The van der Waals surface area contributed by atoms with Crippen molar-refractivity contribution in [3.63, 3.8) is 0 Å². The van der Waals surface area contributed by atoms with Crippen molar-refractivity contribution in [3.05, 3.63) is 35.4 Å². The summed E-state index contributed by atoms with van der Waals surface area (Å²) in [6.45, 7) is 0.285. The molecule has 2 rings (SSSR count). The zero-order valence-corrected chi connectivity index (χ0v) is 11.8. The van der Waals surface area contributed by atoms with E-state index >= 15 is 0 Å². The first-order valence-corrected chi connectivity index (χ1v) is 8.14. The van der Waals surface area contributed by atoms with Crippen molar-refractivity contribution in [1.29, 1.82) is 0 Å². The second-order valence-electron chi connectivity index (χ2n) is 4.97. The number of Topliss-reactive ketones (excluding diaryl/α,β-unsaturated/α-hetero) is 1. The molecule has 1 atom stereocenters. The van der Waals surface area contributed by atoms with Crippen molar-refractivity contribution in [2.45, 2.75) is 18.6 Å². The molecule has 0 radical (unpaired) electrons. The van der Waals surface area contributed by atoms with Gasteiger partial charge in [-0.05, 0) is 12.1 Å². The molecule has 1 N–H and O–H groups in total. The van der Waals surface area contributed by atoms with Crippen LogP contribution >= 0.6 is 0 Å². The highest BCUT2D eigenvalue weighted by Crippen LogP contribution is 2.29. The van der Waals surface area contributed by atoms with Crippen molar-refractivity contribution in [2.75, 3.05) is 18.1 Å². The lowest BCUT2D eigenvalue weighted by Crippen LogP contribution is -2.45. The van der Waals surface area contributed by atoms with Gasteiger partial charge >= 0.3 is 6.18 Å². The van der Waals surface area contributed by atoms with Crippen LogP contribution in [0.4, 0.5) is 13.2 Å². The molecule has 1 heterocycles. The van der Waals surface area contributed by atoms with Crippen LogP contribution in [-0.4, -0.2) is 38.3 Å². The number of alkyl halides is 3. The number of carbonyl (C=O) groups is 1. The van der Waals surface area contributed by atoms with Crippen LogP contribution in [0.25, 0.3) is 0 Å². The van der Waals surface area contributed by atoms with Crippen molar-refractivity contribution < 1.29 is 26.4 Å². The maximum Gasteiger partial charge on any atom is 0.416 e. The van der Waals surface area contributed by atoms with Gasteiger partial charge in [0.1, 0.15) is 0 Å². The smallest absolute Gasteiger partial charge is 0.312 e. The first kappa shape index (κ1) is 16.0. The number of hydrogen-bond acceptors (Lipinski definition) is 4. The molecule has 4 nitrogen and oxygen atoms in total. The molecule has 1 aliphatic rings. The Bertz CT molecular complexity index is 623. The van der Waals surface area contributed by atoms with Gasteiger partial charge in [-0.1, -0.05) is 12.1 Å². The largest absolute Gasteiger partial charge is 0.416 e. The molecule has 0 amide bonds. The van der Waals surface area contributed by atoms with E-state index in [1.165, 1.54) is 0 Å². The third-order valence-electron chi connectivity index (χ3n) is 3.27. The fourth-order valence-electron chi connectivity index (χ4n) is 2.19. The summed E-state index contributed by atoms with van der Waals surface area (Å²) in [6.07, 6.45) is -4.49. The zero-order chi connectivity index (χ0) is 15.7. The summed E-state index contributed by atoms with van der Waals surface area (Å²) < 4.78 is 60.2. The van der Waals surface area contributed by atoms with E-state index < -0.39 is 27.6 Å². The molecule has 116 valence electrons. The van der Waals surface area contributed by atoms with Gasteiger partial charge in [-0.15, -0.1) is 0 Å². The molecule has 1 aliphatic heterocycles. The summed E-state index contributed by atoms with van der Waals surface area (Å²) in [7, 11) is -3.15. The monoisotopic (exact) mass is 321 g/mol. The van der Waals surface area contributed by atoms with Gasteiger partial charge in [0.25, 0.3) is 0 Å². The Hall–Kier alpha value is -1.41. The average molecular weight is 321 g/mol. The van der Waals surface area contributed by atoms with E-state index in [1.54, 1.807) is 0 Å². The van der Waals surface area contributed by atoms with E-state index in [4.69, 9.17) is 0 Å². The molecule has 1 saturated heterocycles. The summed E-state index contributed by atoms with van der Waals surface area (Å²) in [5.74, 6) is -0.463. The van der Waals surface area contributed by atoms with Crippen LogP contribution in [0.5, 0.6) is 0 Å². The van der Waals surface area contributed by atoms with E-state index in [0.717, 1.165) is 24.3 Å². The molecule has 0 bridgehead atoms. The number of sulfone groups is 1. The topological polar surface area (TPSA) is 63.2 Å². The number of ketones is 1. The lowest BCUT2D eigenvalue weighted by molar-refractivity contribution is -0.137. The highest BCUT2D eigenvalue weighted by Gasteiger charge is 2.30. The summed E-state index contributed by atoms with van der Waals surface area (Å²) in [5.41, 5.74) is -0.676. The van der Waals surface area contributed by atoms with E-state index in [1.807, 2.05) is 0 Å². The van der Waals surface area contributed by atoms with E-state index in [9.17, 15) is 26.4 Å². The molecular weight excluding hydrogens is 307 g/mol. The molecule has 0 aliphatic carbocycles. The fraction of sp³-hybridized carbons (Fsp3) is 0.462. The predicted molar refractivity (Wildman–Crippen MR) is 70.8 cm³/mol. The standard InChI is InChI=1S/C13H14F3NO3S/c14-13(15,16)10-3-1-9(2-4-10)12(18)7-11-8-21(19,20)6-5-17-11/h1-4,11,17H,5-8H2. The molecule has 0 spiro atoms. The molecule has 0 aromatic heterocycles. The fourth-order valence-corrected chi connectivity index (χ4v) is 3.63. The Labute approximate surface area is 120 Å². The maximum atomic E-state index is 12.4. The lowest BCUT2D eigenvalue weighted by Gasteiger charge is -2.23. The average Bonchev–Trinajstić information content (AvgIpc) is 2.36. The summed E-state index contributed by atoms with van der Waals surface area (Å²) in [5, 5.41) is 2.93. The molecule has 1 fully saturated rings. The quantitative estimate of drug-likeness (QED) is 0.860. The van der Waals surface area contributed by atoms with Crippen LogP contribution in [-0.2, 0) is 16.0 Å². The Morgan fingerprint density at radius 1 is 1.24 bits per heavy atom. The van der Waals surface area contributed by atoms with Gasteiger partial charge in [0.15, 0.2) is 15.6 Å². The number of benzene rings is 1. The van der Waals surface area contributed by atoms with Crippen LogP contribution in [0.3, 0.4) is 0 Å². The summed E-state index contributed by atoms with van der Waals surface area (Å²) in [6, 6.07) is 3.43. The predicted octanol–water partition coefficient (Wildman–Crippen LogP) is 1.66. The Morgan fingerprint density at radius 2 is 1.86 bits per heavy atom.